The third kappa shape index (κ3) is 4.00. The van der Waals surface area contributed by atoms with Gasteiger partial charge in [0.15, 0.2) is 0 Å². The first-order chi connectivity index (χ1) is 21.6. The van der Waals surface area contributed by atoms with Crippen molar-refractivity contribution in [2.75, 3.05) is 21.3 Å². The van der Waals surface area contributed by atoms with Crippen LogP contribution in [0.25, 0.3) is 22.3 Å². The second-order valence-electron chi connectivity index (χ2n) is 15.7. The molecule has 8 aliphatic carbocycles. The number of hydrogen-bond acceptors (Lipinski definition) is 3. The summed E-state index contributed by atoms with van der Waals surface area (Å²) in [5, 5.41) is 0. The molecule has 0 saturated heterocycles. The highest BCUT2D eigenvalue weighted by atomic mass is 16.5. The molecule has 8 unspecified atom stereocenters. The van der Waals surface area contributed by atoms with Crippen molar-refractivity contribution in [1.29, 1.82) is 0 Å². The van der Waals surface area contributed by atoms with E-state index in [1.165, 1.54) is 85.6 Å². The smallest absolute Gasteiger partial charge is 0.131 e. The summed E-state index contributed by atoms with van der Waals surface area (Å²) in [7, 11) is 5.88. The lowest BCUT2D eigenvalue weighted by atomic mass is 9.46. The van der Waals surface area contributed by atoms with Gasteiger partial charge in [0.1, 0.15) is 5.75 Å². The molecule has 44 heavy (non-hydrogen) atoms. The van der Waals surface area contributed by atoms with Gasteiger partial charge in [-0.3, -0.25) is 0 Å². The van der Waals surface area contributed by atoms with Gasteiger partial charge in [-0.05, 0) is 139 Å². The molecule has 230 valence electrons. The van der Waals surface area contributed by atoms with Gasteiger partial charge in [-0.15, -0.1) is 0 Å². The van der Waals surface area contributed by atoms with E-state index >= 15 is 0 Å². The second-order valence-corrected chi connectivity index (χ2v) is 15.7. The van der Waals surface area contributed by atoms with Crippen LogP contribution in [-0.4, -0.2) is 33.5 Å². The fourth-order valence-electron chi connectivity index (χ4n) is 12.7. The molecule has 0 heterocycles. The first-order valence-corrected chi connectivity index (χ1v) is 17.5. The molecule has 0 radical (unpaired) electrons. The molecule has 3 heteroatoms. The Hall–Kier alpha value is -2.62. The molecule has 0 N–H and O–H groups in total. The summed E-state index contributed by atoms with van der Waals surface area (Å²) < 4.78 is 19.4. The van der Waals surface area contributed by atoms with Crippen LogP contribution < -0.4 is 4.74 Å². The Kier molecular flexibility index (Phi) is 6.58. The first kappa shape index (κ1) is 27.7. The molecule has 3 aromatic rings. The third-order valence-corrected chi connectivity index (χ3v) is 13.6. The van der Waals surface area contributed by atoms with Crippen molar-refractivity contribution < 1.29 is 14.2 Å². The zero-order valence-electron chi connectivity index (χ0n) is 26.7. The van der Waals surface area contributed by atoms with Crippen LogP contribution in [-0.2, 0) is 14.9 Å². The van der Waals surface area contributed by atoms with Crippen molar-refractivity contribution in [3.05, 3.63) is 77.9 Å². The maximum absolute atomic E-state index is 6.80. The van der Waals surface area contributed by atoms with E-state index in [1.807, 2.05) is 21.3 Å². The number of methoxy groups -OCH3 is 3. The lowest BCUT2D eigenvalue weighted by Gasteiger charge is -2.60. The Balaban J connectivity index is 1.31. The fourth-order valence-corrected chi connectivity index (χ4v) is 12.7. The summed E-state index contributed by atoms with van der Waals surface area (Å²) >= 11 is 0. The quantitative estimate of drug-likeness (QED) is 0.275. The van der Waals surface area contributed by atoms with Crippen molar-refractivity contribution in [1.82, 2.24) is 0 Å². The summed E-state index contributed by atoms with van der Waals surface area (Å²) in [5.41, 5.74) is 8.63. The van der Waals surface area contributed by atoms with Gasteiger partial charge in [-0.2, -0.15) is 0 Å². The Morgan fingerprint density at radius 3 is 1.91 bits per heavy atom. The first-order valence-electron chi connectivity index (χ1n) is 17.5. The van der Waals surface area contributed by atoms with Gasteiger partial charge in [0.25, 0.3) is 0 Å². The second kappa shape index (κ2) is 10.5. The highest BCUT2D eigenvalue weighted by Crippen LogP contribution is 2.66. The van der Waals surface area contributed by atoms with Crippen LogP contribution >= 0.6 is 0 Å². The Bertz CT molecular complexity index is 1510. The topological polar surface area (TPSA) is 27.7 Å². The lowest BCUT2D eigenvalue weighted by Crippen LogP contribution is -2.56. The molecular formula is C41H48O3. The number of hydrogen-bond donors (Lipinski definition) is 0. The van der Waals surface area contributed by atoms with Gasteiger partial charge in [0.2, 0.25) is 0 Å². The molecule has 0 aliphatic heterocycles. The molecule has 8 atom stereocenters. The minimum Gasteiger partial charge on any atom is -0.496 e. The standard InChI is InChI=1S/C41H48O3/c1-42-38-30-16-25-17-31(38)23-41(21-25,22-30)34-20-32(26-10-6-4-7-11-26)37(40(44-3)36(34)27-12-8-5-9-13-27)35-28-14-24-15-29(19-28)39(43-2)33(35)18-24/h4-13,20,24-25,28-31,33,35,38-39H,14-19,21-23H2,1-3H3. The molecular weight excluding hydrogens is 540 g/mol. The van der Waals surface area contributed by atoms with Crippen LogP contribution in [0.2, 0.25) is 0 Å². The average molecular weight is 589 g/mol. The van der Waals surface area contributed by atoms with E-state index < -0.39 is 0 Å². The molecule has 3 nitrogen and oxygen atoms in total. The highest BCUT2D eigenvalue weighted by Gasteiger charge is 2.58. The van der Waals surface area contributed by atoms with Crippen LogP contribution in [0.1, 0.15) is 74.8 Å². The van der Waals surface area contributed by atoms with Crippen LogP contribution in [0.3, 0.4) is 0 Å². The molecule has 0 spiro atoms. The largest absolute Gasteiger partial charge is 0.496 e. The summed E-state index contributed by atoms with van der Waals surface area (Å²) in [5.74, 6) is 6.59. The van der Waals surface area contributed by atoms with Crippen molar-refractivity contribution in [3.8, 4) is 28.0 Å². The average Bonchev–Trinajstić information content (AvgIpc) is 3.04. The van der Waals surface area contributed by atoms with Gasteiger partial charge in [0.05, 0.1) is 19.3 Å². The van der Waals surface area contributed by atoms with Crippen molar-refractivity contribution in [3.63, 3.8) is 0 Å². The lowest BCUT2D eigenvalue weighted by molar-refractivity contribution is -0.124. The molecule has 11 rings (SSSR count). The zero-order valence-corrected chi connectivity index (χ0v) is 26.7. The summed E-state index contributed by atoms with van der Waals surface area (Å²) in [6.45, 7) is 0. The maximum atomic E-state index is 6.80. The normalized spacial score (nSPS) is 39.6. The van der Waals surface area contributed by atoms with E-state index in [-0.39, 0.29) is 5.41 Å². The summed E-state index contributed by atoms with van der Waals surface area (Å²) in [6.07, 6.45) is 12.5. The monoisotopic (exact) mass is 588 g/mol. The maximum Gasteiger partial charge on any atom is 0.131 e. The van der Waals surface area contributed by atoms with Crippen LogP contribution in [0, 0.1) is 41.4 Å². The van der Waals surface area contributed by atoms with Crippen LogP contribution in [0.15, 0.2) is 66.7 Å². The Morgan fingerprint density at radius 2 is 1.25 bits per heavy atom. The number of rotatable bonds is 7. The predicted molar refractivity (Wildman–Crippen MR) is 176 cm³/mol. The van der Waals surface area contributed by atoms with Crippen molar-refractivity contribution in [2.24, 2.45) is 41.4 Å². The highest BCUT2D eigenvalue weighted by molar-refractivity contribution is 5.85. The van der Waals surface area contributed by atoms with Crippen LogP contribution in [0.4, 0.5) is 0 Å². The van der Waals surface area contributed by atoms with E-state index in [1.54, 1.807) is 5.56 Å². The molecule has 8 aliphatic rings. The van der Waals surface area contributed by atoms with E-state index in [4.69, 9.17) is 14.2 Å². The fraction of sp³-hybridized carbons (Fsp3) is 0.561. The van der Waals surface area contributed by atoms with E-state index in [9.17, 15) is 0 Å². The molecule has 0 aromatic heterocycles. The SMILES string of the molecule is COc1c(-c2ccccc2)c(C23CC4CC(C2)C(OC)C(C4)C3)cc(-c2ccccc2)c1C1C2CC3CC(C2)C(OC)C1C3. The van der Waals surface area contributed by atoms with Crippen LogP contribution in [0.5, 0.6) is 5.75 Å². The van der Waals surface area contributed by atoms with Gasteiger partial charge in [-0.1, -0.05) is 60.7 Å². The molecule has 3 aromatic carbocycles. The van der Waals surface area contributed by atoms with Gasteiger partial charge in [0, 0.05) is 25.3 Å². The van der Waals surface area contributed by atoms with E-state index in [0.29, 0.717) is 41.8 Å². The van der Waals surface area contributed by atoms with Gasteiger partial charge < -0.3 is 14.2 Å². The summed E-state index contributed by atoms with van der Waals surface area (Å²) in [4.78, 5) is 0. The number of ether oxygens (including phenoxy) is 3. The van der Waals surface area contributed by atoms with Gasteiger partial charge >= 0.3 is 0 Å². The van der Waals surface area contributed by atoms with Gasteiger partial charge in [-0.25, -0.2) is 0 Å². The minimum absolute atomic E-state index is 0.172. The summed E-state index contributed by atoms with van der Waals surface area (Å²) in [6, 6.07) is 25.2. The van der Waals surface area contributed by atoms with Crippen molar-refractivity contribution in [2.45, 2.75) is 81.3 Å². The Morgan fingerprint density at radius 1 is 0.614 bits per heavy atom. The minimum atomic E-state index is 0.172. The molecule has 8 fully saturated rings. The number of benzene rings is 3. The third-order valence-electron chi connectivity index (χ3n) is 13.6. The predicted octanol–water partition coefficient (Wildman–Crippen LogP) is 9.29. The van der Waals surface area contributed by atoms with E-state index in [2.05, 4.69) is 66.7 Å². The zero-order chi connectivity index (χ0) is 29.6. The Labute approximate surface area is 263 Å². The molecule has 0 amide bonds. The van der Waals surface area contributed by atoms with E-state index in [0.717, 1.165) is 23.5 Å². The van der Waals surface area contributed by atoms with Crippen molar-refractivity contribution >= 4 is 0 Å². The molecule has 8 bridgehead atoms. The molecule has 8 saturated carbocycles.